The van der Waals surface area contributed by atoms with Crippen molar-refractivity contribution < 1.29 is 0 Å². The van der Waals surface area contributed by atoms with Crippen LogP contribution in [0.4, 0.5) is 0 Å². The third kappa shape index (κ3) is 3.16. The van der Waals surface area contributed by atoms with E-state index >= 15 is 0 Å². The van der Waals surface area contributed by atoms with Gasteiger partial charge in [0.2, 0.25) is 0 Å². The van der Waals surface area contributed by atoms with Crippen LogP contribution in [0.2, 0.25) is 0 Å². The van der Waals surface area contributed by atoms with Crippen LogP contribution in [-0.4, -0.2) is 54.4 Å². The van der Waals surface area contributed by atoms with Gasteiger partial charge in [-0.15, -0.1) is 23.2 Å². The van der Waals surface area contributed by atoms with Gasteiger partial charge in [-0.05, 0) is 0 Å². The topological polar surface area (TPSA) is 6.48 Å². The molecule has 4 heteroatoms. The Kier molecular flexibility index (Phi) is 4.53. The van der Waals surface area contributed by atoms with E-state index in [1.54, 1.807) is 0 Å². The van der Waals surface area contributed by atoms with Gasteiger partial charge in [0.1, 0.15) is 0 Å². The van der Waals surface area contributed by atoms with Crippen LogP contribution in [-0.2, 0) is 0 Å². The minimum absolute atomic E-state index is 0.194. The Hall–Kier alpha value is 0.500. The molecule has 0 N–H and O–H groups in total. The zero-order valence-corrected chi connectivity index (χ0v) is 8.11. The van der Waals surface area contributed by atoms with Crippen molar-refractivity contribution in [1.29, 1.82) is 0 Å². The predicted molar refractivity (Wildman–Crippen MR) is 49.5 cm³/mol. The second-order valence-electron chi connectivity index (χ2n) is 2.78. The lowest BCUT2D eigenvalue weighted by Gasteiger charge is -2.41. The Morgan fingerprint density at radius 3 is 1.00 bits per heavy atom. The molecule has 0 spiro atoms. The first-order valence-electron chi connectivity index (χ1n) is 3.93. The molecule has 0 atom stereocenters. The number of hydrogen-bond acceptors (Lipinski definition) is 2. The molecule has 0 aromatic rings. The summed E-state index contributed by atoms with van der Waals surface area (Å²) in [5.74, 6) is 0. The fraction of sp³-hybridized carbons (Fsp3) is 1.00. The van der Waals surface area contributed by atoms with Crippen molar-refractivity contribution in [3.8, 4) is 0 Å². The maximum Gasteiger partial charge on any atom is 0.0967 e. The molecule has 11 heavy (non-hydrogen) atoms. The molecule has 3 rings (SSSR count). The molecule has 3 aliphatic rings. The van der Waals surface area contributed by atoms with E-state index in [1.807, 2.05) is 0 Å². The first-order valence-corrected chi connectivity index (χ1v) is 5.00. The van der Waals surface area contributed by atoms with E-state index < -0.39 is 0 Å². The van der Waals surface area contributed by atoms with E-state index in [-0.39, 0.29) is 5.34 Å². The first-order chi connectivity index (χ1) is 5.36. The van der Waals surface area contributed by atoms with Crippen LogP contribution < -0.4 is 0 Å². The Morgan fingerprint density at radius 2 is 0.909 bits per heavy atom. The molecule has 0 radical (unpaired) electrons. The van der Waals surface area contributed by atoms with Crippen LogP contribution >= 0.6 is 23.2 Å². The molecule has 3 aliphatic heterocycles. The van der Waals surface area contributed by atoms with Crippen LogP contribution in [0.15, 0.2) is 0 Å². The second kappa shape index (κ2) is 5.20. The predicted octanol–water partition coefficient (Wildman–Crippen LogP) is 1.04. The third-order valence-corrected chi connectivity index (χ3v) is 2.20. The summed E-state index contributed by atoms with van der Waals surface area (Å²) in [5.41, 5.74) is 0. The van der Waals surface area contributed by atoms with E-state index in [0.29, 0.717) is 0 Å². The number of rotatable bonds is 0. The molecular formula is C7H14Cl2N2. The van der Waals surface area contributed by atoms with Gasteiger partial charge in [0.25, 0.3) is 0 Å². The van der Waals surface area contributed by atoms with Crippen LogP contribution in [0.3, 0.4) is 0 Å². The zero-order valence-electron chi connectivity index (χ0n) is 6.60. The van der Waals surface area contributed by atoms with Crippen molar-refractivity contribution in [3.05, 3.63) is 0 Å². The lowest BCUT2D eigenvalue weighted by molar-refractivity contribution is 0.0647. The molecule has 2 nitrogen and oxygen atoms in total. The molecule has 0 amide bonds. The molecular weight excluding hydrogens is 183 g/mol. The summed E-state index contributed by atoms with van der Waals surface area (Å²) < 4.78 is 0. The molecule has 66 valence electrons. The van der Waals surface area contributed by atoms with Gasteiger partial charge in [0.15, 0.2) is 0 Å². The standard InChI is InChI=1S/C6H12N2.CH2Cl2/c1-2-8-5-3-7(1)4-6-8;2-1-3/h1-6H2;1H2. The molecule has 0 unspecified atom stereocenters. The summed E-state index contributed by atoms with van der Waals surface area (Å²) >= 11 is 9.53. The zero-order chi connectivity index (χ0) is 8.10. The highest BCUT2D eigenvalue weighted by Crippen LogP contribution is 2.06. The molecule has 2 bridgehead atoms. The minimum Gasteiger partial charge on any atom is -0.300 e. The normalized spacial score (nSPS) is 34.4. The van der Waals surface area contributed by atoms with Gasteiger partial charge >= 0.3 is 0 Å². The smallest absolute Gasteiger partial charge is 0.0967 e. The van der Waals surface area contributed by atoms with E-state index in [0.717, 1.165) is 0 Å². The number of hydrogen-bond donors (Lipinski definition) is 0. The molecule has 0 aliphatic carbocycles. The van der Waals surface area contributed by atoms with Crippen LogP contribution in [0, 0.1) is 0 Å². The molecule has 3 saturated heterocycles. The maximum atomic E-state index is 4.76. The molecule has 0 saturated carbocycles. The summed E-state index contributed by atoms with van der Waals surface area (Å²) in [7, 11) is 0. The molecule has 0 aromatic carbocycles. The van der Waals surface area contributed by atoms with Gasteiger partial charge in [0, 0.05) is 39.3 Å². The van der Waals surface area contributed by atoms with Crippen molar-refractivity contribution >= 4 is 23.2 Å². The number of fused-ring (bicyclic) bond motifs is 3. The van der Waals surface area contributed by atoms with Crippen molar-refractivity contribution in [2.24, 2.45) is 0 Å². The van der Waals surface area contributed by atoms with Gasteiger partial charge in [-0.25, -0.2) is 0 Å². The van der Waals surface area contributed by atoms with E-state index in [4.69, 9.17) is 23.2 Å². The lowest BCUT2D eigenvalue weighted by Crippen LogP contribution is -2.55. The summed E-state index contributed by atoms with van der Waals surface area (Å²) in [6.45, 7) is 7.92. The number of halogens is 2. The molecule has 0 aromatic heterocycles. The Balaban J connectivity index is 0.000000179. The first kappa shape index (κ1) is 9.59. The highest BCUT2D eigenvalue weighted by atomic mass is 35.5. The summed E-state index contributed by atoms with van der Waals surface area (Å²) in [4.78, 5) is 5.08. The fourth-order valence-electron chi connectivity index (χ4n) is 1.52. The van der Waals surface area contributed by atoms with Gasteiger partial charge < -0.3 is 0 Å². The van der Waals surface area contributed by atoms with Gasteiger partial charge in [-0.2, -0.15) is 0 Å². The highest BCUT2D eigenvalue weighted by molar-refractivity contribution is 6.40. The average Bonchev–Trinajstić information content (AvgIpc) is 2.09. The highest BCUT2D eigenvalue weighted by Gasteiger charge is 2.21. The Bertz CT molecular complexity index is 79.6. The van der Waals surface area contributed by atoms with E-state index in [9.17, 15) is 0 Å². The summed E-state index contributed by atoms with van der Waals surface area (Å²) in [5, 5.41) is 0.194. The van der Waals surface area contributed by atoms with Crippen molar-refractivity contribution in [3.63, 3.8) is 0 Å². The van der Waals surface area contributed by atoms with Gasteiger partial charge in [0.05, 0.1) is 5.34 Å². The largest absolute Gasteiger partial charge is 0.300 e. The van der Waals surface area contributed by atoms with E-state index in [1.165, 1.54) is 39.3 Å². The van der Waals surface area contributed by atoms with Crippen molar-refractivity contribution in [2.45, 2.75) is 0 Å². The summed E-state index contributed by atoms with van der Waals surface area (Å²) in [6, 6.07) is 0. The van der Waals surface area contributed by atoms with Gasteiger partial charge in [-0.1, -0.05) is 0 Å². The monoisotopic (exact) mass is 196 g/mol. The number of alkyl halides is 2. The second-order valence-corrected chi connectivity index (χ2v) is 3.59. The van der Waals surface area contributed by atoms with Gasteiger partial charge in [-0.3, -0.25) is 9.80 Å². The SMILES string of the molecule is C1CN2CCN1CC2.ClCCl. The molecule has 3 fully saturated rings. The van der Waals surface area contributed by atoms with Crippen molar-refractivity contribution in [1.82, 2.24) is 9.80 Å². The third-order valence-electron chi connectivity index (χ3n) is 2.20. The van der Waals surface area contributed by atoms with Crippen molar-refractivity contribution in [2.75, 3.05) is 44.6 Å². The fourth-order valence-corrected chi connectivity index (χ4v) is 1.52. The number of nitrogens with zero attached hydrogens (tertiary/aromatic N) is 2. The van der Waals surface area contributed by atoms with Crippen LogP contribution in [0.5, 0.6) is 0 Å². The minimum atomic E-state index is 0.194. The Morgan fingerprint density at radius 1 is 0.727 bits per heavy atom. The average molecular weight is 197 g/mol. The Labute approximate surface area is 78.0 Å². The number of piperazine rings is 3. The van der Waals surface area contributed by atoms with Crippen LogP contribution in [0.25, 0.3) is 0 Å². The summed E-state index contributed by atoms with van der Waals surface area (Å²) in [6.07, 6.45) is 0. The van der Waals surface area contributed by atoms with Crippen LogP contribution in [0.1, 0.15) is 0 Å². The maximum absolute atomic E-state index is 4.76. The quantitative estimate of drug-likeness (QED) is 0.535. The lowest BCUT2D eigenvalue weighted by atomic mass is 10.2. The molecule has 3 heterocycles. The van der Waals surface area contributed by atoms with E-state index in [2.05, 4.69) is 9.80 Å².